The SMILES string of the molecule is CCNC(=NCc1ccccc1OC(F)F)N(C)CC(=O)N(CC)CC. The highest BCUT2D eigenvalue weighted by atomic mass is 19.3. The van der Waals surface area contributed by atoms with Gasteiger partial charge in [0.1, 0.15) is 5.75 Å². The van der Waals surface area contributed by atoms with Crippen LogP contribution in [0.2, 0.25) is 0 Å². The molecule has 0 saturated carbocycles. The molecule has 0 atom stereocenters. The van der Waals surface area contributed by atoms with E-state index in [1.165, 1.54) is 6.07 Å². The summed E-state index contributed by atoms with van der Waals surface area (Å²) in [6.07, 6.45) is 0. The Morgan fingerprint density at radius 2 is 1.88 bits per heavy atom. The summed E-state index contributed by atoms with van der Waals surface area (Å²) in [5, 5.41) is 3.11. The minimum Gasteiger partial charge on any atom is -0.434 e. The largest absolute Gasteiger partial charge is 0.434 e. The fraction of sp³-hybridized carbons (Fsp3) is 0.556. The number of nitrogens with one attached hydrogen (secondary N) is 1. The van der Waals surface area contributed by atoms with Crippen molar-refractivity contribution < 1.29 is 18.3 Å². The second kappa shape index (κ2) is 11.3. The molecule has 8 heteroatoms. The first kappa shape index (κ1) is 21.7. The predicted molar refractivity (Wildman–Crippen MR) is 98.4 cm³/mol. The number of para-hydroxylation sites is 1. The number of rotatable bonds is 9. The van der Waals surface area contributed by atoms with Crippen molar-refractivity contribution >= 4 is 11.9 Å². The highest BCUT2D eigenvalue weighted by Gasteiger charge is 2.15. The van der Waals surface area contributed by atoms with Crippen LogP contribution in [0.25, 0.3) is 0 Å². The lowest BCUT2D eigenvalue weighted by molar-refractivity contribution is -0.131. The fourth-order valence-corrected chi connectivity index (χ4v) is 2.43. The third-order valence-corrected chi connectivity index (χ3v) is 3.77. The van der Waals surface area contributed by atoms with E-state index in [1.54, 1.807) is 35.0 Å². The molecule has 0 aliphatic heterocycles. The second-order valence-electron chi connectivity index (χ2n) is 5.58. The Labute approximate surface area is 153 Å². The van der Waals surface area contributed by atoms with Gasteiger partial charge in [-0.1, -0.05) is 18.2 Å². The molecule has 0 bridgehead atoms. The molecule has 26 heavy (non-hydrogen) atoms. The number of carbonyl (C=O) groups is 1. The summed E-state index contributed by atoms with van der Waals surface area (Å²) >= 11 is 0. The quantitative estimate of drug-likeness (QED) is 0.536. The first-order chi connectivity index (χ1) is 12.4. The standard InChI is InChI=1S/C18H28F2N4O2/c1-5-21-18(23(4)13-16(25)24(6-2)7-3)22-12-14-10-8-9-11-15(14)26-17(19)20/h8-11,17H,5-7,12-13H2,1-4H3,(H,21,22). The minimum absolute atomic E-state index is 0.00420. The predicted octanol–water partition coefficient (Wildman–Crippen LogP) is 2.55. The van der Waals surface area contributed by atoms with Crippen LogP contribution in [0.15, 0.2) is 29.3 Å². The van der Waals surface area contributed by atoms with Crippen LogP contribution in [0.1, 0.15) is 26.3 Å². The summed E-state index contributed by atoms with van der Waals surface area (Å²) in [7, 11) is 1.77. The number of benzene rings is 1. The number of amides is 1. The molecule has 0 aliphatic rings. The van der Waals surface area contributed by atoms with Crippen molar-refractivity contribution in [1.29, 1.82) is 0 Å². The van der Waals surface area contributed by atoms with Gasteiger partial charge in [-0.25, -0.2) is 4.99 Å². The van der Waals surface area contributed by atoms with Crippen LogP contribution in [0.3, 0.4) is 0 Å². The molecule has 0 spiro atoms. The third-order valence-electron chi connectivity index (χ3n) is 3.77. The number of aliphatic imine (C=N–C) groups is 1. The van der Waals surface area contributed by atoms with Crippen LogP contribution in [-0.2, 0) is 11.3 Å². The van der Waals surface area contributed by atoms with Crippen molar-refractivity contribution in [1.82, 2.24) is 15.1 Å². The van der Waals surface area contributed by atoms with Crippen molar-refractivity contribution in [3.63, 3.8) is 0 Å². The number of halogens is 2. The topological polar surface area (TPSA) is 57.2 Å². The van der Waals surface area contributed by atoms with Gasteiger partial charge in [-0.3, -0.25) is 4.79 Å². The molecule has 6 nitrogen and oxygen atoms in total. The Balaban J connectivity index is 2.87. The Kier molecular flexibility index (Phi) is 9.40. The molecule has 146 valence electrons. The Hall–Kier alpha value is -2.38. The van der Waals surface area contributed by atoms with Crippen molar-refractivity contribution in [2.75, 3.05) is 33.2 Å². The van der Waals surface area contributed by atoms with Gasteiger partial charge >= 0.3 is 6.61 Å². The zero-order chi connectivity index (χ0) is 19.5. The number of carbonyl (C=O) groups excluding carboxylic acids is 1. The van der Waals surface area contributed by atoms with Crippen molar-refractivity contribution in [2.24, 2.45) is 4.99 Å². The molecule has 0 radical (unpaired) electrons. The molecule has 1 rings (SSSR count). The fourth-order valence-electron chi connectivity index (χ4n) is 2.43. The lowest BCUT2D eigenvalue weighted by atomic mass is 10.2. The lowest BCUT2D eigenvalue weighted by Gasteiger charge is -2.25. The van der Waals surface area contributed by atoms with Crippen molar-refractivity contribution in [2.45, 2.75) is 33.9 Å². The first-order valence-corrected chi connectivity index (χ1v) is 8.72. The molecular formula is C18H28F2N4O2. The lowest BCUT2D eigenvalue weighted by Crippen LogP contribution is -2.45. The van der Waals surface area contributed by atoms with Gasteiger partial charge in [0, 0.05) is 32.2 Å². The highest BCUT2D eigenvalue weighted by Crippen LogP contribution is 2.21. The van der Waals surface area contributed by atoms with Crippen LogP contribution < -0.4 is 10.1 Å². The van der Waals surface area contributed by atoms with Crippen LogP contribution >= 0.6 is 0 Å². The second-order valence-corrected chi connectivity index (χ2v) is 5.58. The molecule has 0 saturated heterocycles. The van der Waals surface area contributed by atoms with Crippen molar-refractivity contribution in [3.05, 3.63) is 29.8 Å². The summed E-state index contributed by atoms with van der Waals surface area (Å²) in [5.41, 5.74) is 0.548. The third kappa shape index (κ3) is 6.85. The van der Waals surface area contributed by atoms with Gasteiger partial charge < -0.3 is 19.9 Å². The summed E-state index contributed by atoms with van der Waals surface area (Å²) < 4.78 is 29.6. The summed E-state index contributed by atoms with van der Waals surface area (Å²) in [4.78, 5) is 20.2. The van der Waals surface area contributed by atoms with E-state index in [4.69, 9.17) is 0 Å². The van der Waals surface area contributed by atoms with E-state index in [0.29, 0.717) is 31.2 Å². The average molecular weight is 370 g/mol. The number of likely N-dealkylation sites (N-methyl/N-ethyl adjacent to an activating group) is 2. The monoisotopic (exact) mass is 370 g/mol. The first-order valence-electron chi connectivity index (χ1n) is 8.72. The van der Waals surface area contributed by atoms with Gasteiger partial charge in [0.2, 0.25) is 5.91 Å². The van der Waals surface area contributed by atoms with E-state index in [0.717, 1.165) is 0 Å². The highest BCUT2D eigenvalue weighted by molar-refractivity contribution is 5.86. The van der Waals surface area contributed by atoms with Gasteiger partial charge in [0.05, 0.1) is 13.1 Å². The number of ether oxygens (including phenoxy) is 1. The number of hydrogen-bond acceptors (Lipinski definition) is 3. The maximum atomic E-state index is 12.5. The number of nitrogens with zero attached hydrogens (tertiary/aromatic N) is 3. The summed E-state index contributed by atoms with van der Waals surface area (Å²) in [6.45, 7) is 5.16. The van der Waals surface area contributed by atoms with Gasteiger partial charge in [0.25, 0.3) is 0 Å². The van der Waals surface area contributed by atoms with Gasteiger partial charge in [-0.2, -0.15) is 8.78 Å². The number of guanidine groups is 1. The van der Waals surface area contributed by atoms with E-state index >= 15 is 0 Å². The maximum absolute atomic E-state index is 12.5. The van der Waals surface area contributed by atoms with Crippen LogP contribution in [0.5, 0.6) is 5.75 Å². The molecule has 0 fully saturated rings. The molecule has 1 N–H and O–H groups in total. The van der Waals surface area contributed by atoms with E-state index < -0.39 is 6.61 Å². The summed E-state index contributed by atoms with van der Waals surface area (Å²) in [5.74, 6) is 0.633. The smallest absolute Gasteiger partial charge is 0.387 e. The molecule has 1 amide bonds. The molecule has 1 aromatic carbocycles. The van der Waals surface area contributed by atoms with Crippen LogP contribution in [-0.4, -0.2) is 61.5 Å². The zero-order valence-corrected chi connectivity index (χ0v) is 15.8. The van der Waals surface area contributed by atoms with E-state index in [-0.39, 0.29) is 24.7 Å². The Morgan fingerprint density at radius 3 is 2.46 bits per heavy atom. The molecule has 0 aromatic heterocycles. The van der Waals surface area contributed by atoms with Gasteiger partial charge in [-0.05, 0) is 26.8 Å². The van der Waals surface area contributed by atoms with E-state index in [9.17, 15) is 13.6 Å². The van der Waals surface area contributed by atoms with E-state index in [2.05, 4.69) is 15.0 Å². The Morgan fingerprint density at radius 1 is 1.23 bits per heavy atom. The zero-order valence-electron chi connectivity index (χ0n) is 15.8. The molecular weight excluding hydrogens is 342 g/mol. The van der Waals surface area contributed by atoms with Gasteiger partial charge in [0.15, 0.2) is 5.96 Å². The normalized spacial score (nSPS) is 11.4. The minimum atomic E-state index is -2.89. The van der Waals surface area contributed by atoms with E-state index in [1.807, 2.05) is 20.8 Å². The summed E-state index contributed by atoms with van der Waals surface area (Å²) in [6, 6.07) is 6.54. The number of alkyl halides is 2. The maximum Gasteiger partial charge on any atom is 0.387 e. The molecule has 0 unspecified atom stereocenters. The van der Waals surface area contributed by atoms with Crippen molar-refractivity contribution in [3.8, 4) is 5.75 Å². The Bertz CT molecular complexity index is 592. The average Bonchev–Trinajstić information content (AvgIpc) is 2.60. The molecule has 0 aliphatic carbocycles. The molecule has 0 heterocycles. The number of hydrogen-bond donors (Lipinski definition) is 1. The van der Waals surface area contributed by atoms with Gasteiger partial charge in [-0.15, -0.1) is 0 Å². The molecule has 1 aromatic rings. The van der Waals surface area contributed by atoms with Crippen LogP contribution in [0.4, 0.5) is 8.78 Å². The van der Waals surface area contributed by atoms with Crippen LogP contribution in [0, 0.1) is 0 Å².